The quantitative estimate of drug-likeness (QED) is 0.733. The van der Waals surface area contributed by atoms with Crippen LogP contribution in [0.15, 0.2) is 54.7 Å². The molecule has 23 heavy (non-hydrogen) atoms. The van der Waals surface area contributed by atoms with Crippen molar-refractivity contribution in [1.82, 2.24) is 4.57 Å². The molecule has 0 aliphatic rings. The van der Waals surface area contributed by atoms with Crippen molar-refractivity contribution >= 4 is 39.9 Å². The molecule has 0 atom stereocenters. The van der Waals surface area contributed by atoms with E-state index in [2.05, 4.69) is 5.32 Å². The van der Waals surface area contributed by atoms with Gasteiger partial charge in [-0.15, -0.1) is 0 Å². The van der Waals surface area contributed by atoms with Crippen molar-refractivity contribution in [3.8, 4) is 0 Å². The van der Waals surface area contributed by atoms with Gasteiger partial charge in [-0.05, 0) is 49.4 Å². The molecule has 1 amide bonds. The maximum absolute atomic E-state index is 12.2. The molecule has 0 saturated heterocycles. The van der Waals surface area contributed by atoms with E-state index in [-0.39, 0.29) is 18.2 Å². The third kappa shape index (κ3) is 3.27. The van der Waals surface area contributed by atoms with Crippen LogP contribution in [-0.4, -0.2) is 16.3 Å². The second-order valence-corrected chi connectivity index (χ2v) is 5.71. The van der Waals surface area contributed by atoms with Crippen LogP contribution >= 0.6 is 11.6 Å². The summed E-state index contributed by atoms with van der Waals surface area (Å²) in [5.41, 5.74) is 2.20. The smallest absolute Gasteiger partial charge is 0.244 e. The van der Waals surface area contributed by atoms with Gasteiger partial charge in [0, 0.05) is 33.4 Å². The lowest BCUT2D eigenvalue weighted by Crippen LogP contribution is -2.18. The normalized spacial score (nSPS) is 10.7. The maximum Gasteiger partial charge on any atom is 0.244 e. The molecule has 1 heterocycles. The van der Waals surface area contributed by atoms with Gasteiger partial charge >= 0.3 is 0 Å². The zero-order valence-electron chi connectivity index (χ0n) is 12.5. The molecule has 2 aromatic carbocycles. The molecule has 116 valence electrons. The van der Waals surface area contributed by atoms with Crippen molar-refractivity contribution in [2.45, 2.75) is 13.5 Å². The molecule has 0 unspecified atom stereocenters. The third-order valence-corrected chi connectivity index (χ3v) is 3.98. The van der Waals surface area contributed by atoms with Crippen LogP contribution in [0.4, 0.5) is 5.69 Å². The highest BCUT2D eigenvalue weighted by molar-refractivity contribution is 6.35. The summed E-state index contributed by atoms with van der Waals surface area (Å²) in [5.74, 6) is -0.142. The lowest BCUT2D eigenvalue weighted by Gasteiger charge is -2.08. The Morgan fingerprint density at radius 2 is 1.83 bits per heavy atom. The van der Waals surface area contributed by atoms with Crippen LogP contribution in [-0.2, 0) is 11.3 Å². The van der Waals surface area contributed by atoms with Crippen LogP contribution in [0.25, 0.3) is 10.9 Å². The number of amides is 1. The number of anilines is 1. The van der Waals surface area contributed by atoms with Gasteiger partial charge in [0.2, 0.25) is 5.91 Å². The summed E-state index contributed by atoms with van der Waals surface area (Å²) in [5, 5.41) is 4.41. The van der Waals surface area contributed by atoms with Gasteiger partial charge in [0.05, 0.1) is 0 Å². The molecule has 0 aliphatic heterocycles. The Morgan fingerprint density at radius 3 is 2.52 bits per heavy atom. The Morgan fingerprint density at radius 1 is 1.09 bits per heavy atom. The minimum Gasteiger partial charge on any atom is -0.338 e. The first-order valence-electron chi connectivity index (χ1n) is 7.19. The van der Waals surface area contributed by atoms with E-state index in [1.165, 1.54) is 6.92 Å². The molecule has 0 bridgehead atoms. The largest absolute Gasteiger partial charge is 0.338 e. The number of Topliss-reactive ketones (excluding diaryl/α,β-unsaturated/α-hetero) is 1. The maximum atomic E-state index is 12.2. The highest BCUT2D eigenvalue weighted by Crippen LogP contribution is 2.24. The number of nitrogens with zero attached hydrogens (tertiary/aromatic N) is 1. The number of halogens is 1. The first-order valence-corrected chi connectivity index (χ1v) is 7.56. The van der Waals surface area contributed by atoms with E-state index in [9.17, 15) is 9.59 Å². The molecule has 5 heteroatoms. The number of carbonyl (C=O) groups excluding carboxylic acids is 2. The number of fused-ring (bicyclic) bond motifs is 1. The summed E-state index contributed by atoms with van der Waals surface area (Å²) in [4.78, 5) is 23.4. The molecule has 1 N–H and O–H groups in total. The molecule has 0 spiro atoms. The van der Waals surface area contributed by atoms with Crippen LogP contribution in [0.1, 0.15) is 17.3 Å². The van der Waals surface area contributed by atoms with E-state index in [1.807, 2.05) is 35.0 Å². The highest BCUT2D eigenvalue weighted by atomic mass is 35.5. The molecule has 0 aliphatic carbocycles. The zero-order chi connectivity index (χ0) is 16.4. The Kier molecular flexibility index (Phi) is 4.17. The Bertz CT molecular complexity index is 882. The fourth-order valence-electron chi connectivity index (χ4n) is 2.47. The molecule has 1 aromatic heterocycles. The third-order valence-electron chi connectivity index (χ3n) is 3.65. The van der Waals surface area contributed by atoms with E-state index in [1.54, 1.807) is 24.3 Å². The number of aromatic nitrogens is 1. The van der Waals surface area contributed by atoms with E-state index in [0.29, 0.717) is 16.3 Å². The van der Waals surface area contributed by atoms with Gasteiger partial charge in [-0.25, -0.2) is 0 Å². The van der Waals surface area contributed by atoms with Crippen molar-refractivity contribution in [1.29, 1.82) is 0 Å². The van der Waals surface area contributed by atoms with Gasteiger partial charge in [0.25, 0.3) is 0 Å². The fraction of sp³-hybridized carbons (Fsp3) is 0.111. The van der Waals surface area contributed by atoms with Crippen LogP contribution in [0.5, 0.6) is 0 Å². The second-order valence-electron chi connectivity index (χ2n) is 5.30. The fourth-order valence-corrected chi connectivity index (χ4v) is 2.70. The van der Waals surface area contributed by atoms with Gasteiger partial charge in [-0.1, -0.05) is 17.7 Å². The van der Waals surface area contributed by atoms with Gasteiger partial charge < -0.3 is 9.88 Å². The second kappa shape index (κ2) is 6.26. The summed E-state index contributed by atoms with van der Waals surface area (Å²) >= 11 is 6.14. The number of nitrogens with one attached hydrogen (secondary N) is 1. The van der Waals surface area contributed by atoms with Crippen LogP contribution in [0, 0.1) is 0 Å². The molecular formula is C18H15ClN2O2. The van der Waals surface area contributed by atoms with Gasteiger partial charge in [-0.3, -0.25) is 9.59 Å². The SMILES string of the molecule is CC(=O)c1ccc(NC(=O)Cn2ccc3c(Cl)cccc32)cc1. The molecule has 4 nitrogen and oxygen atoms in total. The van der Waals surface area contributed by atoms with Gasteiger partial charge in [0.15, 0.2) is 5.78 Å². The van der Waals surface area contributed by atoms with Crippen LogP contribution in [0.2, 0.25) is 5.02 Å². The minimum absolute atomic E-state index is 0.00133. The average Bonchev–Trinajstić information content (AvgIpc) is 2.92. The van der Waals surface area contributed by atoms with Crippen molar-refractivity contribution in [2.75, 3.05) is 5.32 Å². The van der Waals surface area contributed by atoms with Gasteiger partial charge in [-0.2, -0.15) is 0 Å². The lowest BCUT2D eigenvalue weighted by atomic mass is 10.1. The van der Waals surface area contributed by atoms with Crippen molar-refractivity contribution in [3.63, 3.8) is 0 Å². The summed E-state index contributed by atoms with van der Waals surface area (Å²) in [6.07, 6.45) is 1.84. The molecule has 3 rings (SSSR count). The standard InChI is InChI=1S/C18H15ClN2O2/c1-12(22)13-5-7-14(8-6-13)20-18(23)11-21-10-9-15-16(19)3-2-4-17(15)21/h2-10H,11H2,1H3,(H,20,23). The van der Waals surface area contributed by atoms with Crippen molar-refractivity contribution < 1.29 is 9.59 Å². The molecule has 0 radical (unpaired) electrons. The van der Waals surface area contributed by atoms with Crippen molar-refractivity contribution in [2.24, 2.45) is 0 Å². The topological polar surface area (TPSA) is 51.1 Å². The zero-order valence-corrected chi connectivity index (χ0v) is 13.3. The van der Waals surface area contributed by atoms with E-state index < -0.39 is 0 Å². The first kappa shape index (κ1) is 15.3. The minimum atomic E-state index is -0.141. The molecule has 0 fully saturated rings. The monoisotopic (exact) mass is 326 g/mol. The van der Waals surface area contributed by atoms with E-state index in [4.69, 9.17) is 11.6 Å². The number of ketones is 1. The average molecular weight is 327 g/mol. The molecule has 0 saturated carbocycles. The Balaban J connectivity index is 1.73. The summed E-state index contributed by atoms with van der Waals surface area (Å²) in [6.45, 7) is 1.70. The Labute approximate surface area is 138 Å². The summed E-state index contributed by atoms with van der Waals surface area (Å²) in [6, 6.07) is 14.3. The number of carbonyl (C=O) groups is 2. The summed E-state index contributed by atoms with van der Waals surface area (Å²) < 4.78 is 1.85. The van der Waals surface area contributed by atoms with E-state index >= 15 is 0 Å². The predicted molar refractivity (Wildman–Crippen MR) is 92.0 cm³/mol. The number of hydrogen-bond acceptors (Lipinski definition) is 2. The number of benzene rings is 2. The first-order chi connectivity index (χ1) is 11.0. The van der Waals surface area contributed by atoms with Crippen LogP contribution < -0.4 is 5.32 Å². The van der Waals surface area contributed by atoms with Crippen LogP contribution in [0.3, 0.4) is 0 Å². The number of hydrogen-bond donors (Lipinski definition) is 1. The van der Waals surface area contributed by atoms with E-state index in [0.717, 1.165) is 10.9 Å². The summed E-state index contributed by atoms with van der Waals surface area (Å²) in [7, 11) is 0. The number of rotatable bonds is 4. The highest BCUT2D eigenvalue weighted by Gasteiger charge is 2.08. The molecule has 3 aromatic rings. The van der Waals surface area contributed by atoms with Gasteiger partial charge in [0.1, 0.15) is 6.54 Å². The lowest BCUT2D eigenvalue weighted by molar-refractivity contribution is -0.116. The predicted octanol–water partition coefficient (Wildman–Crippen LogP) is 4.14. The molecular weight excluding hydrogens is 312 g/mol. The van der Waals surface area contributed by atoms with Crippen molar-refractivity contribution in [3.05, 3.63) is 65.3 Å². The Hall–Kier alpha value is -2.59.